The molecule has 0 radical (unpaired) electrons. The van der Waals surface area contributed by atoms with Gasteiger partial charge in [0.05, 0.1) is 11.6 Å². The Bertz CT molecular complexity index is 528. The monoisotopic (exact) mass is 340 g/mol. The number of β-amino-alcohol motifs (C(OH)–C–C–N with tert-alkyl or cyclic N) is 1. The maximum atomic E-state index is 13.3. The third kappa shape index (κ3) is 5.06. The average molecular weight is 340 g/mol. The van der Waals surface area contributed by atoms with E-state index in [1.54, 1.807) is 7.05 Å². The third-order valence-corrected chi connectivity index (χ3v) is 4.85. The van der Waals surface area contributed by atoms with E-state index >= 15 is 0 Å². The quantitative estimate of drug-likeness (QED) is 0.633. The Labute approximate surface area is 141 Å². The predicted octanol–water partition coefficient (Wildman–Crippen LogP) is 1.95. The lowest BCUT2D eigenvalue weighted by Gasteiger charge is -2.35. The molecule has 0 aromatic heterocycles. The van der Waals surface area contributed by atoms with Crippen LogP contribution in [0, 0.1) is 11.6 Å². The van der Waals surface area contributed by atoms with Crippen molar-refractivity contribution in [3.63, 3.8) is 0 Å². The van der Waals surface area contributed by atoms with E-state index in [0.717, 1.165) is 44.5 Å². The second kappa shape index (κ2) is 8.65. The Morgan fingerprint density at radius 2 is 1.83 bits per heavy atom. The average Bonchev–Trinajstić information content (AvgIpc) is 2.57. The lowest BCUT2D eigenvalue weighted by atomic mass is 9.82. The molecule has 0 spiro atoms. The topological polar surface area (TPSA) is 61.4 Å². The van der Waals surface area contributed by atoms with E-state index in [0.29, 0.717) is 12.0 Å². The Morgan fingerprint density at radius 3 is 2.38 bits per heavy atom. The smallest absolute Gasteiger partial charge is 0.140 e. The highest BCUT2D eigenvalue weighted by molar-refractivity contribution is 5.64. The number of rotatable bonds is 8. The number of nitrogens with one attached hydrogen (secondary N) is 2. The number of aldehydes is 1. The fraction of sp³-hybridized carbons (Fsp3) is 0.611. The minimum Gasteiger partial charge on any atom is -0.390 e. The summed E-state index contributed by atoms with van der Waals surface area (Å²) in [5.74, 6) is -1.26. The first-order valence-corrected chi connectivity index (χ1v) is 8.50. The lowest BCUT2D eigenvalue weighted by molar-refractivity contribution is -0.114. The molecule has 24 heavy (non-hydrogen) atoms. The van der Waals surface area contributed by atoms with Gasteiger partial charge in [-0.05, 0) is 44.0 Å². The van der Waals surface area contributed by atoms with E-state index in [4.69, 9.17) is 0 Å². The molecule has 1 aromatic rings. The minimum atomic E-state index is -0.778. The standard InChI is InChI=1S/C18H26F2N2O2/c1-21-16(9-13-7-14(19)10-15(20)8-13)17(24)11-22-18(12-23)5-3-2-4-6-18/h7-8,10,12,16-17,21-22,24H,2-6,9,11H2,1H3. The van der Waals surface area contributed by atoms with Gasteiger partial charge < -0.3 is 20.5 Å². The van der Waals surface area contributed by atoms with Crippen molar-refractivity contribution < 1.29 is 18.7 Å². The molecule has 1 aromatic carbocycles. The molecule has 1 fully saturated rings. The van der Waals surface area contributed by atoms with E-state index in [9.17, 15) is 18.7 Å². The number of benzene rings is 1. The van der Waals surface area contributed by atoms with Crippen molar-refractivity contribution in [3.8, 4) is 0 Å². The molecule has 0 amide bonds. The molecule has 1 aliphatic carbocycles. The number of halogens is 2. The summed E-state index contributed by atoms with van der Waals surface area (Å²) in [5.41, 5.74) is -0.0728. The van der Waals surface area contributed by atoms with Gasteiger partial charge in [0.1, 0.15) is 17.9 Å². The van der Waals surface area contributed by atoms with Crippen molar-refractivity contribution >= 4 is 6.29 Å². The van der Waals surface area contributed by atoms with Gasteiger partial charge in [-0.1, -0.05) is 19.3 Å². The molecule has 4 nitrogen and oxygen atoms in total. The van der Waals surface area contributed by atoms with E-state index in [1.165, 1.54) is 12.1 Å². The predicted molar refractivity (Wildman–Crippen MR) is 88.8 cm³/mol. The molecule has 0 heterocycles. The van der Waals surface area contributed by atoms with Crippen LogP contribution in [0.25, 0.3) is 0 Å². The normalized spacial score (nSPS) is 19.7. The zero-order valence-electron chi connectivity index (χ0n) is 14.0. The number of likely N-dealkylation sites (N-methyl/N-ethyl adjacent to an activating group) is 1. The van der Waals surface area contributed by atoms with Crippen LogP contribution >= 0.6 is 0 Å². The molecule has 0 saturated heterocycles. The van der Waals surface area contributed by atoms with E-state index in [-0.39, 0.29) is 12.6 Å². The van der Waals surface area contributed by atoms with Crippen LogP contribution in [-0.4, -0.2) is 42.7 Å². The van der Waals surface area contributed by atoms with Crippen molar-refractivity contribution in [2.45, 2.75) is 56.2 Å². The number of aliphatic hydroxyl groups excluding tert-OH is 1. The molecule has 6 heteroatoms. The van der Waals surface area contributed by atoms with Gasteiger partial charge in [0.15, 0.2) is 0 Å². The van der Waals surface area contributed by atoms with Crippen molar-refractivity contribution in [2.24, 2.45) is 0 Å². The summed E-state index contributed by atoms with van der Waals surface area (Å²) in [4.78, 5) is 11.5. The van der Waals surface area contributed by atoms with E-state index < -0.39 is 23.3 Å². The molecule has 2 unspecified atom stereocenters. The lowest BCUT2D eigenvalue weighted by Crippen LogP contribution is -2.54. The first-order chi connectivity index (χ1) is 11.5. The largest absolute Gasteiger partial charge is 0.390 e. The summed E-state index contributed by atoms with van der Waals surface area (Å²) in [6.07, 6.45) is 5.16. The molecule has 2 rings (SSSR count). The molecule has 0 bridgehead atoms. The summed E-state index contributed by atoms with van der Waals surface area (Å²) in [7, 11) is 1.69. The molecule has 3 N–H and O–H groups in total. The summed E-state index contributed by atoms with van der Waals surface area (Å²) in [6, 6.07) is 2.99. The highest BCUT2D eigenvalue weighted by atomic mass is 19.1. The van der Waals surface area contributed by atoms with Gasteiger partial charge in [-0.25, -0.2) is 8.78 Å². The van der Waals surface area contributed by atoms with Crippen LogP contribution in [0.1, 0.15) is 37.7 Å². The van der Waals surface area contributed by atoms with Crippen LogP contribution in [0.4, 0.5) is 8.78 Å². The van der Waals surface area contributed by atoms with Gasteiger partial charge in [0.25, 0.3) is 0 Å². The maximum absolute atomic E-state index is 13.3. The van der Waals surface area contributed by atoms with Gasteiger partial charge in [0, 0.05) is 18.7 Å². The zero-order valence-corrected chi connectivity index (χ0v) is 14.0. The number of carbonyl (C=O) groups is 1. The highest BCUT2D eigenvalue weighted by Gasteiger charge is 2.32. The number of hydrogen-bond acceptors (Lipinski definition) is 4. The molecule has 0 aliphatic heterocycles. The van der Waals surface area contributed by atoms with Gasteiger partial charge in [-0.2, -0.15) is 0 Å². The fourth-order valence-corrected chi connectivity index (χ4v) is 3.38. The van der Waals surface area contributed by atoms with Gasteiger partial charge in [-0.15, -0.1) is 0 Å². The summed E-state index contributed by atoms with van der Waals surface area (Å²) in [5, 5.41) is 16.6. The fourth-order valence-electron chi connectivity index (χ4n) is 3.38. The number of carbonyl (C=O) groups excluding carboxylic acids is 1. The van der Waals surface area contributed by atoms with Crippen LogP contribution in [0.15, 0.2) is 18.2 Å². The van der Waals surface area contributed by atoms with Crippen LogP contribution in [0.2, 0.25) is 0 Å². The Morgan fingerprint density at radius 1 is 1.21 bits per heavy atom. The zero-order chi connectivity index (χ0) is 17.6. The van der Waals surface area contributed by atoms with Gasteiger partial charge >= 0.3 is 0 Å². The van der Waals surface area contributed by atoms with E-state index in [1.807, 2.05) is 0 Å². The summed E-state index contributed by atoms with van der Waals surface area (Å²) in [6.45, 7) is 0.252. The molecule has 1 saturated carbocycles. The Balaban J connectivity index is 1.95. The first kappa shape index (κ1) is 19.0. The summed E-state index contributed by atoms with van der Waals surface area (Å²) >= 11 is 0. The minimum absolute atomic E-state index is 0.252. The van der Waals surface area contributed by atoms with Crippen LogP contribution < -0.4 is 10.6 Å². The molecule has 1 aliphatic rings. The second-order valence-corrected chi connectivity index (χ2v) is 6.66. The SMILES string of the molecule is CNC(Cc1cc(F)cc(F)c1)C(O)CNC1(C=O)CCCCC1. The Kier molecular flexibility index (Phi) is 6.83. The van der Waals surface area contributed by atoms with Crippen molar-refractivity contribution in [2.75, 3.05) is 13.6 Å². The van der Waals surface area contributed by atoms with Crippen molar-refractivity contribution in [1.29, 1.82) is 0 Å². The van der Waals surface area contributed by atoms with Crippen molar-refractivity contribution in [1.82, 2.24) is 10.6 Å². The van der Waals surface area contributed by atoms with Crippen LogP contribution in [0.3, 0.4) is 0 Å². The van der Waals surface area contributed by atoms with Crippen LogP contribution in [0.5, 0.6) is 0 Å². The second-order valence-electron chi connectivity index (χ2n) is 6.66. The first-order valence-electron chi connectivity index (χ1n) is 8.50. The Hall–Kier alpha value is -1.37. The molecular weight excluding hydrogens is 314 g/mol. The summed E-state index contributed by atoms with van der Waals surface area (Å²) < 4.78 is 26.6. The van der Waals surface area contributed by atoms with Gasteiger partial charge in [-0.3, -0.25) is 0 Å². The molecule has 134 valence electrons. The highest BCUT2D eigenvalue weighted by Crippen LogP contribution is 2.26. The van der Waals surface area contributed by atoms with Crippen LogP contribution in [-0.2, 0) is 11.2 Å². The maximum Gasteiger partial charge on any atom is 0.140 e. The number of hydrogen-bond donors (Lipinski definition) is 3. The number of aliphatic hydroxyl groups is 1. The molecular formula is C18H26F2N2O2. The molecule has 2 atom stereocenters. The van der Waals surface area contributed by atoms with Crippen molar-refractivity contribution in [3.05, 3.63) is 35.4 Å². The van der Waals surface area contributed by atoms with E-state index in [2.05, 4.69) is 10.6 Å². The van der Waals surface area contributed by atoms with Gasteiger partial charge in [0.2, 0.25) is 0 Å². The third-order valence-electron chi connectivity index (χ3n) is 4.85.